The third-order valence-electron chi connectivity index (χ3n) is 4.52. The second kappa shape index (κ2) is 9.97. The van der Waals surface area contributed by atoms with Gasteiger partial charge in [0, 0.05) is 11.6 Å². The van der Waals surface area contributed by atoms with Crippen molar-refractivity contribution in [2.24, 2.45) is 0 Å². The molecule has 3 heteroatoms. The van der Waals surface area contributed by atoms with Gasteiger partial charge in [-0.25, -0.2) is 0 Å². The van der Waals surface area contributed by atoms with E-state index in [9.17, 15) is 0 Å². The van der Waals surface area contributed by atoms with Crippen LogP contribution < -0.4 is 14.2 Å². The van der Waals surface area contributed by atoms with Crippen LogP contribution in [-0.2, 0) is 6.61 Å². The van der Waals surface area contributed by atoms with E-state index in [0.717, 1.165) is 23.5 Å². The van der Waals surface area contributed by atoms with E-state index in [0.29, 0.717) is 18.3 Å². The minimum absolute atomic E-state index is 0.414. The summed E-state index contributed by atoms with van der Waals surface area (Å²) in [6, 6.07) is 14.2. The molecule has 2 rings (SSSR count). The lowest BCUT2D eigenvalue weighted by atomic mass is 9.93. The molecule has 0 saturated carbocycles. The van der Waals surface area contributed by atoms with Gasteiger partial charge in [0.05, 0.1) is 14.2 Å². The van der Waals surface area contributed by atoms with E-state index in [1.54, 1.807) is 14.2 Å². The van der Waals surface area contributed by atoms with Crippen molar-refractivity contribution in [2.75, 3.05) is 14.2 Å². The zero-order valence-corrected chi connectivity index (χ0v) is 15.9. The first kappa shape index (κ1) is 19.2. The van der Waals surface area contributed by atoms with Crippen molar-refractivity contribution < 1.29 is 14.2 Å². The average Bonchev–Trinajstić information content (AvgIpc) is 2.66. The first-order chi connectivity index (χ1) is 12.2. The second-order valence-electron chi connectivity index (χ2n) is 6.42. The molecule has 1 unspecified atom stereocenters. The zero-order chi connectivity index (χ0) is 18.1. The summed E-state index contributed by atoms with van der Waals surface area (Å²) in [5.74, 6) is 2.75. The van der Waals surface area contributed by atoms with Crippen LogP contribution in [0, 0.1) is 0 Å². The third-order valence-corrected chi connectivity index (χ3v) is 4.52. The molecule has 0 radical (unpaired) electrons. The summed E-state index contributed by atoms with van der Waals surface area (Å²) >= 11 is 0. The largest absolute Gasteiger partial charge is 0.493 e. The Balaban J connectivity index is 2.23. The topological polar surface area (TPSA) is 27.7 Å². The van der Waals surface area contributed by atoms with Gasteiger partial charge < -0.3 is 14.2 Å². The Morgan fingerprint density at radius 2 is 1.56 bits per heavy atom. The van der Waals surface area contributed by atoms with Gasteiger partial charge in [-0.2, -0.15) is 0 Å². The van der Waals surface area contributed by atoms with Crippen molar-refractivity contribution in [1.82, 2.24) is 0 Å². The van der Waals surface area contributed by atoms with Gasteiger partial charge in [0.1, 0.15) is 12.4 Å². The Kier molecular flexibility index (Phi) is 7.65. The van der Waals surface area contributed by atoms with E-state index < -0.39 is 0 Å². The fourth-order valence-electron chi connectivity index (χ4n) is 2.98. The van der Waals surface area contributed by atoms with Crippen LogP contribution in [0.2, 0.25) is 0 Å². The zero-order valence-electron chi connectivity index (χ0n) is 15.9. The molecule has 25 heavy (non-hydrogen) atoms. The van der Waals surface area contributed by atoms with Gasteiger partial charge in [0.2, 0.25) is 0 Å². The first-order valence-electron chi connectivity index (χ1n) is 9.12. The van der Waals surface area contributed by atoms with Gasteiger partial charge in [0.15, 0.2) is 11.5 Å². The minimum atomic E-state index is 0.414. The summed E-state index contributed by atoms with van der Waals surface area (Å²) < 4.78 is 17.1. The van der Waals surface area contributed by atoms with Crippen LogP contribution in [0.1, 0.15) is 56.6 Å². The van der Waals surface area contributed by atoms with Crippen molar-refractivity contribution in [1.29, 1.82) is 0 Å². The number of rotatable bonds is 10. The van der Waals surface area contributed by atoms with E-state index >= 15 is 0 Å². The van der Waals surface area contributed by atoms with E-state index in [1.165, 1.54) is 24.8 Å². The number of hydrogen-bond donors (Lipinski definition) is 0. The lowest BCUT2D eigenvalue weighted by molar-refractivity contribution is 0.294. The molecule has 0 fully saturated rings. The van der Waals surface area contributed by atoms with Crippen molar-refractivity contribution in [3.63, 3.8) is 0 Å². The fourth-order valence-corrected chi connectivity index (χ4v) is 2.98. The fraction of sp³-hybridized carbons (Fsp3) is 0.455. The van der Waals surface area contributed by atoms with Crippen LogP contribution in [0.4, 0.5) is 0 Å². The van der Waals surface area contributed by atoms with E-state index in [-0.39, 0.29) is 0 Å². The third kappa shape index (κ3) is 5.42. The summed E-state index contributed by atoms with van der Waals surface area (Å²) in [4.78, 5) is 0. The first-order valence-corrected chi connectivity index (χ1v) is 9.12. The molecule has 0 bridgehead atoms. The minimum Gasteiger partial charge on any atom is -0.493 e. The molecule has 0 amide bonds. The molecule has 2 aromatic carbocycles. The number of methoxy groups -OCH3 is 2. The molecule has 0 aromatic heterocycles. The normalized spacial score (nSPS) is 11.8. The Morgan fingerprint density at radius 3 is 2.20 bits per heavy atom. The molecule has 0 saturated heterocycles. The number of benzene rings is 2. The maximum atomic E-state index is 6.16. The molecule has 0 N–H and O–H groups in total. The highest BCUT2D eigenvalue weighted by Crippen LogP contribution is 2.40. The Labute approximate surface area is 151 Å². The number of unbranched alkanes of at least 4 members (excludes halogenated alkanes) is 2. The van der Waals surface area contributed by atoms with Gasteiger partial charge in [-0.15, -0.1) is 0 Å². The van der Waals surface area contributed by atoms with Crippen molar-refractivity contribution in [3.05, 3.63) is 53.6 Å². The predicted molar refractivity (Wildman–Crippen MR) is 103 cm³/mol. The molecule has 1 atom stereocenters. The Bertz CT molecular complexity index is 637. The van der Waals surface area contributed by atoms with E-state index in [1.807, 2.05) is 24.3 Å². The Morgan fingerprint density at radius 1 is 0.880 bits per heavy atom. The highest BCUT2D eigenvalue weighted by molar-refractivity contribution is 5.52. The summed E-state index contributed by atoms with van der Waals surface area (Å²) in [7, 11) is 3.33. The molecule has 0 aliphatic heterocycles. The van der Waals surface area contributed by atoms with Gasteiger partial charge >= 0.3 is 0 Å². The standard InChI is InChI=1S/C22H30O3/c1-5-6-8-11-17(2)19-14-21(23-3)22(24-4)15-20(19)25-16-18-12-9-7-10-13-18/h7,9-10,12-15,17H,5-6,8,11,16H2,1-4H3. The maximum Gasteiger partial charge on any atom is 0.164 e. The summed E-state index contributed by atoms with van der Waals surface area (Å²) in [5.41, 5.74) is 2.34. The van der Waals surface area contributed by atoms with Crippen LogP contribution in [0.25, 0.3) is 0 Å². The summed E-state index contributed by atoms with van der Waals surface area (Å²) in [6.45, 7) is 5.03. The maximum absolute atomic E-state index is 6.16. The molecule has 0 aliphatic rings. The van der Waals surface area contributed by atoms with E-state index in [2.05, 4.69) is 32.0 Å². The van der Waals surface area contributed by atoms with Crippen molar-refractivity contribution >= 4 is 0 Å². The molecule has 0 spiro atoms. The highest BCUT2D eigenvalue weighted by atomic mass is 16.5. The smallest absolute Gasteiger partial charge is 0.164 e. The molecular weight excluding hydrogens is 312 g/mol. The number of hydrogen-bond acceptors (Lipinski definition) is 3. The average molecular weight is 342 g/mol. The predicted octanol–water partition coefficient (Wildman–Crippen LogP) is 5.97. The molecule has 0 aliphatic carbocycles. The van der Waals surface area contributed by atoms with Crippen molar-refractivity contribution in [2.45, 2.75) is 52.1 Å². The summed E-state index contributed by atoms with van der Waals surface area (Å²) in [6.07, 6.45) is 4.86. The van der Waals surface area contributed by atoms with E-state index in [4.69, 9.17) is 14.2 Å². The monoisotopic (exact) mass is 342 g/mol. The van der Waals surface area contributed by atoms with Crippen LogP contribution in [0.3, 0.4) is 0 Å². The van der Waals surface area contributed by atoms with Crippen LogP contribution in [0.15, 0.2) is 42.5 Å². The second-order valence-corrected chi connectivity index (χ2v) is 6.42. The molecule has 3 nitrogen and oxygen atoms in total. The summed E-state index contributed by atoms with van der Waals surface area (Å²) in [5, 5.41) is 0. The quantitative estimate of drug-likeness (QED) is 0.498. The highest BCUT2D eigenvalue weighted by Gasteiger charge is 2.17. The van der Waals surface area contributed by atoms with Gasteiger partial charge in [0.25, 0.3) is 0 Å². The van der Waals surface area contributed by atoms with Gasteiger partial charge in [-0.3, -0.25) is 0 Å². The lowest BCUT2D eigenvalue weighted by Gasteiger charge is -2.20. The molecule has 0 heterocycles. The number of ether oxygens (including phenoxy) is 3. The van der Waals surface area contributed by atoms with Crippen LogP contribution in [0.5, 0.6) is 17.2 Å². The Hall–Kier alpha value is -2.16. The van der Waals surface area contributed by atoms with Crippen LogP contribution >= 0.6 is 0 Å². The molecular formula is C22H30O3. The van der Waals surface area contributed by atoms with Gasteiger partial charge in [-0.1, -0.05) is 63.4 Å². The SMILES string of the molecule is CCCCCC(C)c1cc(OC)c(OC)cc1OCc1ccccc1. The van der Waals surface area contributed by atoms with Crippen LogP contribution in [-0.4, -0.2) is 14.2 Å². The van der Waals surface area contributed by atoms with Crippen molar-refractivity contribution in [3.8, 4) is 17.2 Å². The van der Waals surface area contributed by atoms with Gasteiger partial charge in [-0.05, 0) is 24.0 Å². The molecule has 136 valence electrons. The lowest BCUT2D eigenvalue weighted by Crippen LogP contribution is -2.03. The molecule has 2 aromatic rings.